The Labute approximate surface area is 107 Å². The molecule has 1 aromatic carbocycles. The lowest BCUT2D eigenvalue weighted by molar-refractivity contribution is 0.332. The largest absolute Gasteiger partial charge is 0.493 e. The molecular weight excluding hydrogens is 228 g/mol. The Morgan fingerprint density at radius 2 is 1.94 bits per heavy atom. The van der Waals surface area contributed by atoms with Gasteiger partial charge >= 0.3 is 0 Å². The molecule has 4 nitrogen and oxygen atoms in total. The second kappa shape index (κ2) is 6.49. The first-order valence-electron chi connectivity index (χ1n) is 5.81. The van der Waals surface area contributed by atoms with Crippen molar-refractivity contribution in [3.8, 4) is 11.5 Å². The van der Waals surface area contributed by atoms with Crippen LogP contribution in [0.15, 0.2) is 48.7 Å². The van der Waals surface area contributed by atoms with Crippen LogP contribution in [-0.2, 0) is 0 Å². The van der Waals surface area contributed by atoms with Gasteiger partial charge in [-0.05, 0) is 24.3 Å². The molecule has 1 N–H and O–H groups in total. The summed E-state index contributed by atoms with van der Waals surface area (Å²) in [5.41, 5.74) is 0. The zero-order chi connectivity index (χ0) is 12.6. The zero-order valence-electron chi connectivity index (χ0n) is 10.3. The molecular formula is C14H16N2O2. The summed E-state index contributed by atoms with van der Waals surface area (Å²) in [5, 5.41) is 3.17. The molecule has 0 aliphatic heterocycles. The number of pyridine rings is 1. The lowest BCUT2D eigenvalue weighted by Crippen LogP contribution is -2.12. The maximum absolute atomic E-state index is 5.57. The summed E-state index contributed by atoms with van der Waals surface area (Å²) in [4.78, 5) is 4.20. The van der Waals surface area contributed by atoms with E-state index in [2.05, 4.69) is 10.3 Å². The molecule has 0 aliphatic carbocycles. The fraction of sp³-hybridized carbons (Fsp3) is 0.214. The van der Waals surface area contributed by atoms with Gasteiger partial charge in [0, 0.05) is 6.20 Å². The highest BCUT2D eigenvalue weighted by molar-refractivity contribution is 5.49. The molecule has 0 saturated heterocycles. The van der Waals surface area contributed by atoms with Crippen molar-refractivity contribution in [1.29, 1.82) is 0 Å². The number of hydrogen-bond acceptors (Lipinski definition) is 4. The third-order valence-electron chi connectivity index (χ3n) is 2.40. The second-order valence-corrected chi connectivity index (χ2v) is 3.64. The number of nitrogens with one attached hydrogen (secondary N) is 1. The summed E-state index contributed by atoms with van der Waals surface area (Å²) < 4.78 is 10.8. The SMILES string of the molecule is COc1cccnc1NCCOc1ccccc1. The topological polar surface area (TPSA) is 43.4 Å². The van der Waals surface area contributed by atoms with Gasteiger partial charge in [0.1, 0.15) is 12.4 Å². The van der Waals surface area contributed by atoms with Crippen molar-refractivity contribution in [2.45, 2.75) is 0 Å². The van der Waals surface area contributed by atoms with Gasteiger partial charge in [0.2, 0.25) is 0 Å². The normalized spacial score (nSPS) is 9.83. The van der Waals surface area contributed by atoms with Crippen LogP contribution in [-0.4, -0.2) is 25.2 Å². The van der Waals surface area contributed by atoms with Gasteiger partial charge in [-0.3, -0.25) is 0 Å². The van der Waals surface area contributed by atoms with Gasteiger partial charge in [0.25, 0.3) is 0 Å². The molecule has 1 heterocycles. The average molecular weight is 244 g/mol. The molecule has 0 atom stereocenters. The summed E-state index contributed by atoms with van der Waals surface area (Å²) in [6.45, 7) is 1.24. The number of rotatable bonds is 6. The molecule has 2 aromatic rings. The Bertz CT molecular complexity index is 474. The maximum atomic E-state index is 5.57. The van der Waals surface area contributed by atoms with Gasteiger partial charge in [-0.1, -0.05) is 18.2 Å². The summed E-state index contributed by atoms with van der Waals surface area (Å²) in [7, 11) is 1.63. The predicted molar refractivity (Wildman–Crippen MR) is 71.2 cm³/mol. The number of benzene rings is 1. The van der Waals surface area contributed by atoms with Crippen molar-refractivity contribution in [2.24, 2.45) is 0 Å². The van der Waals surface area contributed by atoms with Gasteiger partial charge in [-0.2, -0.15) is 0 Å². The number of para-hydroxylation sites is 1. The lowest BCUT2D eigenvalue weighted by atomic mass is 10.3. The van der Waals surface area contributed by atoms with Crippen LogP contribution >= 0.6 is 0 Å². The fourth-order valence-electron chi connectivity index (χ4n) is 1.54. The highest BCUT2D eigenvalue weighted by atomic mass is 16.5. The van der Waals surface area contributed by atoms with Crippen LogP contribution in [0.3, 0.4) is 0 Å². The number of nitrogens with zero attached hydrogens (tertiary/aromatic N) is 1. The van der Waals surface area contributed by atoms with E-state index < -0.39 is 0 Å². The molecule has 0 aliphatic rings. The highest BCUT2D eigenvalue weighted by Gasteiger charge is 2.01. The van der Waals surface area contributed by atoms with Crippen LogP contribution in [0.2, 0.25) is 0 Å². The molecule has 0 saturated carbocycles. The summed E-state index contributed by atoms with van der Waals surface area (Å²) >= 11 is 0. The Morgan fingerprint density at radius 3 is 2.72 bits per heavy atom. The molecule has 18 heavy (non-hydrogen) atoms. The lowest BCUT2D eigenvalue weighted by Gasteiger charge is -2.10. The molecule has 0 spiro atoms. The Kier molecular flexibility index (Phi) is 4.41. The summed E-state index contributed by atoms with van der Waals surface area (Å²) in [6, 6.07) is 13.4. The van der Waals surface area contributed by atoms with Crippen LogP contribution in [0.1, 0.15) is 0 Å². The van der Waals surface area contributed by atoms with E-state index in [1.54, 1.807) is 13.3 Å². The van der Waals surface area contributed by atoms with E-state index in [0.29, 0.717) is 13.2 Å². The van der Waals surface area contributed by atoms with E-state index in [1.165, 1.54) is 0 Å². The van der Waals surface area contributed by atoms with E-state index in [9.17, 15) is 0 Å². The van der Waals surface area contributed by atoms with E-state index in [1.807, 2.05) is 42.5 Å². The van der Waals surface area contributed by atoms with Crippen LogP contribution in [0, 0.1) is 0 Å². The van der Waals surface area contributed by atoms with Crippen LogP contribution < -0.4 is 14.8 Å². The molecule has 0 unspecified atom stereocenters. The molecule has 0 fully saturated rings. The van der Waals surface area contributed by atoms with Crippen molar-refractivity contribution < 1.29 is 9.47 Å². The molecule has 4 heteroatoms. The Morgan fingerprint density at radius 1 is 1.11 bits per heavy atom. The minimum absolute atomic E-state index is 0.573. The van der Waals surface area contributed by atoms with Gasteiger partial charge in [0.05, 0.1) is 13.7 Å². The minimum Gasteiger partial charge on any atom is -0.493 e. The van der Waals surface area contributed by atoms with Crippen molar-refractivity contribution in [1.82, 2.24) is 4.98 Å². The summed E-state index contributed by atoms with van der Waals surface area (Å²) in [5.74, 6) is 2.33. The van der Waals surface area contributed by atoms with Crippen LogP contribution in [0.4, 0.5) is 5.82 Å². The smallest absolute Gasteiger partial charge is 0.168 e. The molecule has 2 rings (SSSR count). The Balaban J connectivity index is 1.78. The Hall–Kier alpha value is -2.23. The molecule has 0 amide bonds. The summed E-state index contributed by atoms with van der Waals surface area (Å²) in [6.07, 6.45) is 1.73. The van der Waals surface area contributed by atoms with E-state index in [-0.39, 0.29) is 0 Å². The average Bonchev–Trinajstić information content (AvgIpc) is 2.45. The first-order valence-corrected chi connectivity index (χ1v) is 5.81. The van der Waals surface area contributed by atoms with Crippen molar-refractivity contribution in [2.75, 3.05) is 25.6 Å². The molecule has 0 bridgehead atoms. The molecule has 94 valence electrons. The number of anilines is 1. The monoisotopic (exact) mass is 244 g/mol. The van der Waals surface area contributed by atoms with Crippen molar-refractivity contribution >= 4 is 5.82 Å². The van der Waals surface area contributed by atoms with E-state index in [4.69, 9.17) is 9.47 Å². The minimum atomic E-state index is 0.573. The number of ether oxygens (including phenoxy) is 2. The van der Waals surface area contributed by atoms with E-state index >= 15 is 0 Å². The van der Waals surface area contributed by atoms with Gasteiger partial charge in [-0.25, -0.2) is 4.98 Å². The van der Waals surface area contributed by atoms with Crippen molar-refractivity contribution in [3.05, 3.63) is 48.7 Å². The number of hydrogen-bond donors (Lipinski definition) is 1. The predicted octanol–water partition coefficient (Wildman–Crippen LogP) is 2.58. The van der Waals surface area contributed by atoms with Crippen LogP contribution in [0.5, 0.6) is 11.5 Å². The van der Waals surface area contributed by atoms with Gasteiger partial charge in [-0.15, -0.1) is 0 Å². The zero-order valence-corrected chi connectivity index (χ0v) is 10.3. The van der Waals surface area contributed by atoms with Gasteiger partial charge in [0.15, 0.2) is 11.6 Å². The first kappa shape index (κ1) is 12.2. The number of aromatic nitrogens is 1. The van der Waals surface area contributed by atoms with E-state index in [0.717, 1.165) is 17.3 Å². The highest BCUT2D eigenvalue weighted by Crippen LogP contribution is 2.19. The quantitative estimate of drug-likeness (QED) is 0.793. The standard InChI is InChI=1S/C14H16N2O2/c1-17-13-8-5-9-15-14(13)16-10-11-18-12-6-3-2-4-7-12/h2-9H,10-11H2,1H3,(H,15,16). The maximum Gasteiger partial charge on any atom is 0.168 e. The third-order valence-corrected chi connectivity index (χ3v) is 2.40. The third kappa shape index (κ3) is 3.38. The van der Waals surface area contributed by atoms with Crippen LogP contribution in [0.25, 0.3) is 0 Å². The molecule has 1 aromatic heterocycles. The first-order chi connectivity index (χ1) is 8.90. The number of methoxy groups -OCH3 is 1. The second-order valence-electron chi connectivity index (χ2n) is 3.64. The fourth-order valence-corrected chi connectivity index (χ4v) is 1.54. The van der Waals surface area contributed by atoms with Crippen molar-refractivity contribution in [3.63, 3.8) is 0 Å². The van der Waals surface area contributed by atoms with Gasteiger partial charge < -0.3 is 14.8 Å². The molecule has 0 radical (unpaired) electrons.